The standard InChI is InChI=1S/Al.FH.NO3/c;;2-1(3)4/h;1H;/q+2;;-1/p-1. The Labute approximate surface area is 43.4 Å². The van der Waals surface area contributed by atoms with E-state index in [9.17, 15) is 0 Å². The third-order valence-electron chi connectivity index (χ3n) is 0. The van der Waals surface area contributed by atoms with Crippen LogP contribution in [0.25, 0.3) is 0 Å². The van der Waals surface area contributed by atoms with Crippen LogP contribution in [0.15, 0.2) is 0 Å². The summed E-state index contributed by atoms with van der Waals surface area (Å²) in [7, 11) is 0. The molecule has 0 rings (SSSR count). The molecule has 0 saturated heterocycles. The monoisotopic (exact) mass is 108 g/mol. The van der Waals surface area contributed by atoms with E-state index < -0.39 is 5.09 Å². The summed E-state index contributed by atoms with van der Waals surface area (Å²) in [4.78, 5) is 8.25. The van der Waals surface area contributed by atoms with Gasteiger partial charge in [0, 0.05) is 0 Å². The van der Waals surface area contributed by atoms with Crippen molar-refractivity contribution in [2.45, 2.75) is 0 Å². The van der Waals surface area contributed by atoms with Crippen molar-refractivity contribution in [2.24, 2.45) is 0 Å². The first kappa shape index (κ1) is 17.4. The van der Waals surface area contributed by atoms with Crippen molar-refractivity contribution in [3.63, 3.8) is 0 Å². The van der Waals surface area contributed by atoms with Gasteiger partial charge in [0.05, 0.1) is 5.09 Å². The summed E-state index contributed by atoms with van der Waals surface area (Å²) in [5.74, 6) is 0. The SMILES string of the molecule is O=[N+]([O-])[O-].[Al+2].[F-]. The zero-order chi connectivity index (χ0) is 3.58. The van der Waals surface area contributed by atoms with Crippen LogP contribution in [0.4, 0.5) is 0 Å². The van der Waals surface area contributed by atoms with Gasteiger partial charge in [0.2, 0.25) is 0 Å². The smallest absolute Gasteiger partial charge is 1.00 e. The summed E-state index contributed by atoms with van der Waals surface area (Å²) in [6, 6.07) is 0. The van der Waals surface area contributed by atoms with E-state index in [2.05, 4.69) is 0 Å². The zero-order valence-corrected chi connectivity index (χ0v) is 3.78. The molecule has 0 aromatic heterocycles. The van der Waals surface area contributed by atoms with Crippen molar-refractivity contribution in [3.8, 4) is 0 Å². The molecule has 0 atom stereocenters. The second-order valence-electron chi connectivity index (χ2n) is 0.224. The first-order valence-electron chi connectivity index (χ1n) is 0.548. The van der Waals surface area contributed by atoms with Crippen molar-refractivity contribution in [1.82, 2.24) is 0 Å². The molecule has 0 aliphatic heterocycles. The van der Waals surface area contributed by atoms with Gasteiger partial charge in [-0.05, 0) is 0 Å². The van der Waals surface area contributed by atoms with Gasteiger partial charge >= 0.3 is 17.4 Å². The van der Waals surface area contributed by atoms with E-state index in [1.165, 1.54) is 0 Å². The Morgan fingerprint density at radius 1 is 1.33 bits per heavy atom. The van der Waals surface area contributed by atoms with Crippen molar-refractivity contribution < 1.29 is 9.79 Å². The van der Waals surface area contributed by atoms with Crippen LogP contribution in [-0.2, 0) is 0 Å². The molecule has 1 radical (unpaired) electrons. The van der Waals surface area contributed by atoms with E-state index >= 15 is 0 Å². The van der Waals surface area contributed by atoms with Gasteiger partial charge in [-0.2, -0.15) is 0 Å². The molecular formula is AlFNO3. The predicted octanol–water partition coefficient (Wildman–Crippen LogP) is -3.62. The van der Waals surface area contributed by atoms with Gasteiger partial charge in [0.1, 0.15) is 0 Å². The summed E-state index contributed by atoms with van der Waals surface area (Å²) in [5, 5.41) is 14.8. The maximum Gasteiger partial charge on any atom is 2.00 e. The Balaban J connectivity index is -0.0000000450. The van der Waals surface area contributed by atoms with E-state index in [0.29, 0.717) is 0 Å². The van der Waals surface area contributed by atoms with Crippen molar-refractivity contribution in [2.75, 3.05) is 0 Å². The number of hydrogen-bond donors (Lipinski definition) is 0. The molecule has 0 aromatic rings. The van der Waals surface area contributed by atoms with E-state index in [-0.39, 0.29) is 22.1 Å². The average Bonchev–Trinajstić information content (AvgIpc) is 0.811. The van der Waals surface area contributed by atoms with E-state index in [0.717, 1.165) is 0 Å². The number of hydrogen-bond acceptors (Lipinski definition) is 3. The summed E-state index contributed by atoms with van der Waals surface area (Å²) >= 11 is 0. The van der Waals surface area contributed by atoms with Gasteiger partial charge < -0.3 is 20.0 Å². The molecule has 0 unspecified atom stereocenters. The number of rotatable bonds is 0. The van der Waals surface area contributed by atoms with Crippen molar-refractivity contribution >= 4 is 17.4 Å². The summed E-state index contributed by atoms with van der Waals surface area (Å²) in [5.41, 5.74) is 0. The second-order valence-corrected chi connectivity index (χ2v) is 0.224. The Morgan fingerprint density at radius 3 is 1.33 bits per heavy atom. The fraction of sp³-hybridized carbons (Fsp3) is 0. The second kappa shape index (κ2) is 8.82. The molecule has 0 spiro atoms. The minimum Gasteiger partial charge on any atom is -1.00 e. The molecule has 0 saturated carbocycles. The molecule has 6 heteroatoms. The normalized spacial score (nSPS) is 4.00. The van der Waals surface area contributed by atoms with Crippen LogP contribution < -0.4 is 4.70 Å². The van der Waals surface area contributed by atoms with E-state index in [1.807, 2.05) is 0 Å². The van der Waals surface area contributed by atoms with Crippen LogP contribution in [0, 0.1) is 15.3 Å². The fourth-order valence-corrected chi connectivity index (χ4v) is 0. The average molecular weight is 108 g/mol. The van der Waals surface area contributed by atoms with Crippen molar-refractivity contribution in [1.29, 1.82) is 0 Å². The Bertz CT molecular complexity index is 33.8. The Kier molecular flexibility index (Phi) is 25.5. The summed E-state index contributed by atoms with van der Waals surface area (Å²) < 4.78 is 0. The largest absolute Gasteiger partial charge is 2.00 e. The first-order chi connectivity index (χ1) is 1.73. The minimum atomic E-state index is -1.75. The molecule has 0 aliphatic carbocycles. The molecule has 0 amide bonds. The molecule has 0 N–H and O–H groups in total. The maximum atomic E-state index is 8.25. The zero-order valence-electron chi connectivity index (χ0n) is 2.63. The van der Waals surface area contributed by atoms with Gasteiger partial charge in [-0.15, -0.1) is 0 Å². The van der Waals surface area contributed by atoms with Crippen LogP contribution in [0.2, 0.25) is 0 Å². The predicted molar refractivity (Wildman–Crippen MR) is 16.1 cm³/mol. The molecule has 0 aliphatic rings. The van der Waals surface area contributed by atoms with Gasteiger partial charge in [-0.25, -0.2) is 0 Å². The molecule has 0 heterocycles. The van der Waals surface area contributed by atoms with Gasteiger partial charge in [0.15, 0.2) is 0 Å². The van der Waals surface area contributed by atoms with Crippen LogP contribution in [-0.4, -0.2) is 22.4 Å². The van der Waals surface area contributed by atoms with Gasteiger partial charge in [0.25, 0.3) is 0 Å². The molecule has 0 fully saturated rings. The first-order valence-corrected chi connectivity index (χ1v) is 0.548. The molecule has 4 nitrogen and oxygen atoms in total. The van der Waals surface area contributed by atoms with E-state index in [4.69, 9.17) is 15.3 Å². The third-order valence-corrected chi connectivity index (χ3v) is 0. The summed E-state index contributed by atoms with van der Waals surface area (Å²) in [6.45, 7) is 0. The van der Waals surface area contributed by atoms with Gasteiger partial charge in [-0.3, -0.25) is 0 Å². The number of nitrogens with zero attached hydrogens (tertiary/aromatic N) is 1. The fourth-order valence-electron chi connectivity index (χ4n) is 0. The molecule has 6 heavy (non-hydrogen) atoms. The van der Waals surface area contributed by atoms with Crippen molar-refractivity contribution in [3.05, 3.63) is 15.3 Å². The Morgan fingerprint density at radius 2 is 1.33 bits per heavy atom. The molecule has 33 valence electrons. The van der Waals surface area contributed by atoms with E-state index in [1.54, 1.807) is 0 Å². The quantitative estimate of drug-likeness (QED) is 0.183. The molecule has 0 bridgehead atoms. The van der Waals surface area contributed by atoms with Crippen LogP contribution in [0.5, 0.6) is 0 Å². The molecule has 0 aromatic carbocycles. The van der Waals surface area contributed by atoms with Crippen LogP contribution in [0.1, 0.15) is 0 Å². The van der Waals surface area contributed by atoms with Crippen LogP contribution >= 0.6 is 0 Å². The topological polar surface area (TPSA) is 66.2 Å². The Hall–Kier alpha value is -0.338. The third kappa shape index (κ3) is 228. The minimum absolute atomic E-state index is 0. The summed E-state index contributed by atoms with van der Waals surface area (Å²) in [6.07, 6.45) is 0. The van der Waals surface area contributed by atoms with Crippen LogP contribution in [0.3, 0.4) is 0 Å². The van der Waals surface area contributed by atoms with Gasteiger partial charge in [-0.1, -0.05) is 0 Å². The maximum absolute atomic E-state index is 8.25. The number of halogens is 1. The molecular weight excluding hydrogens is 108 g/mol.